The van der Waals surface area contributed by atoms with E-state index in [0.29, 0.717) is 0 Å². The summed E-state index contributed by atoms with van der Waals surface area (Å²) in [4.78, 5) is 80.9. The van der Waals surface area contributed by atoms with Gasteiger partial charge in [-0.15, -0.1) is 0 Å². The second-order valence-electron chi connectivity index (χ2n) is 3.68. The van der Waals surface area contributed by atoms with Crippen LogP contribution in [0.4, 0.5) is 0 Å². The molecular weight excluding hydrogens is 430 g/mol. The molecule has 0 bridgehead atoms. The van der Waals surface area contributed by atoms with Crippen LogP contribution in [0.1, 0.15) is 12.8 Å². The monoisotopic (exact) mass is 446 g/mol. The number of aliphatic hydroxyl groups is 1. The van der Waals surface area contributed by atoms with Gasteiger partial charge < -0.3 is 64.3 Å². The minimum atomic E-state index is -5.48. The molecule has 0 aromatic heterocycles. The Morgan fingerprint density at radius 1 is 0.846 bits per heavy atom. The molecule has 0 radical (unpaired) electrons. The van der Waals surface area contributed by atoms with Gasteiger partial charge >= 0.3 is 86.1 Å². The zero-order valence-corrected chi connectivity index (χ0v) is 19.4. The SMILES string of the molecule is O.O.O=C(O)CC(O)(CC(=O)O)C(=O)O.[Na+].[Na+].[O-][Si]([O-])(O)O[Si](O)(O)O. The molecule has 26 heavy (non-hydrogen) atoms. The zero-order chi connectivity index (χ0) is 18.4. The summed E-state index contributed by atoms with van der Waals surface area (Å²) >= 11 is 0. The van der Waals surface area contributed by atoms with Gasteiger partial charge in [0.15, 0.2) is 5.60 Å². The van der Waals surface area contributed by atoms with Crippen LogP contribution in [0, 0.1) is 0 Å². The van der Waals surface area contributed by atoms with E-state index in [9.17, 15) is 24.0 Å². The van der Waals surface area contributed by atoms with Crippen molar-refractivity contribution in [1.82, 2.24) is 0 Å². The molecule has 0 atom stereocenters. The molecule has 16 nitrogen and oxygen atoms in total. The van der Waals surface area contributed by atoms with Crippen molar-refractivity contribution in [3.05, 3.63) is 0 Å². The molecule has 0 aliphatic heterocycles. The Morgan fingerprint density at radius 2 is 1.12 bits per heavy atom. The number of carboxylic acid groups (broad SMARTS) is 3. The Kier molecular flexibility index (Phi) is 25.8. The standard InChI is InChI=1S/C6H8O7.2Na.H4O7Si2.2H2O/c7-3(8)1-6(13,5(11)12)2-4(9)10;;;1-8(2,3)7-9(4,5)6;;/h13H,1-2H2,(H,7,8)(H,9,10)(H,11,12);;;1-4H;2*1H2/q;2*+1;-2;;. The molecule has 0 heterocycles. The predicted molar refractivity (Wildman–Crippen MR) is 65.8 cm³/mol. The first-order valence-corrected chi connectivity index (χ1v) is 8.30. The van der Waals surface area contributed by atoms with Gasteiger partial charge in [-0.3, -0.25) is 9.59 Å². The summed E-state index contributed by atoms with van der Waals surface area (Å²) in [6.45, 7) is 0. The van der Waals surface area contributed by atoms with Crippen molar-refractivity contribution in [1.29, 1.82) is 0 Å². The molecule has 0 saturated heterocycles. The molecule has 0 amide bonds. The summed E-state index contributed by atoms with van der Waals surface area (Å²) < 4.78 is 3.01. The van der Waals surface area contributed by atoms with Gasteiger partial charge in [-0.05, 0) is 0 Å². The first-order valence-electron chi connectivity index (χ1n) is 4.88. The molecule has 0 spiro atoms. The van der Waals surface area contributed by atoms with Crippen LogP contribution in [0.3, 0.4) is 0 Å². The smallest absolute Gasteiger partial charge is 0.829 e. The average molecular weight is 446 g/mol. The molecule has 20 heteroatoms. The average Bonchev–Trinajstić information content (AvgIpc) is 2.08. The summed E-state index contributed by atoms with van der Waals surface area (Å²) in [5.74, 6) is -5.02. The van der Waals surface area contributed by atoms with Crippen molar-refractivity contribution >= 4 is 36.0 Å². The van der Waals surface area contributed by atoms with Gasteiger partial charge in [0.2, 0.25) is 0 Å². The topological polar surface area (TPSA) is 331 Å². The number of aliphatic carboxylic acids is 3. The van der Waals surface area contributed by atoms with Gasteiger partial charge in [0.25, 0.3) is 0 Å². The number of carbonyl (C=O) groups is 3. The van der Waals surface area contributed by atoms with Crippen LogP contribution in [0.2, 0.25) is 0 Å². The Labute approximate surface area is 191 Å². The van der Waals surface area contributed by atoms with Crippen LogP contribution in [-0.2, 0) is 18.5 Å². The van der Waals surface area contributed by atoms with Crippen LogP contribution in [-0.4, -0.2) is 92.2 Å². The number of carboxylic acids is 3. The molecule has 0 aromatic rings. The van der Waals surface area contributed by atoms with Gasteiger partial charge in [-0.1, -0.05) is 0 Å². The van der Waals surface area contributed by atoms with E-state index in [0.717, 1.165) is 0 Å². The molecule has 146 valence electrons. The van der Waals surface area contributed by atoms with E-state index in [-0.39, 0.29) is 70.1 Å². The van der Waals surface area contributed by atoms with Crippen LogP contribution in [0.25, 0.3) is 0 Å². The maximum absolute atomic E-state index is 10.3. The van der Waals surface area contributed by atoms with Crippen LogP contribution in [0.5, 0.6) is 0 Å². The molecule has 0 fully saturated rings. The molecule has 0 aliphatic rings. The molecule has 0 rings (SSSR count). The summed E-state index contributed by atoms with van der Waals surface area (Å²) in [7, 11) is -10.6. The largest absolute Gasteiger partial charge is 1.00 e. The van der Waals surface area contributed by atoms with Gasteiger partial charge in [0.05, 0.1) is 12.8 Å². The molecule has 0 saturated carbocycles. The van der Waals surface area contributed by atoms with Crippen LogP contribution >= 0.6 is 0 Å². The Bertz CT molecular complexity index is 390. The van der Waals surface area contributed by atoms with Crippen molar-refractivity contribution in [3.63, 3.8) is 0 Å². The summed E-state index contributed by atoms with van der Waals surface area (Å²) in [6, 6.07) is 0. The van der Waals surface area contributed by atoms with Crippen molar-refractivity contribution in [2.75, 3.05) is 0 Å². The predicted octanol–water partition coefficient (Wildman–Crippen LogP) is -14.3. The van der Waals surface area contributed by atoms with Crippen molar-refractivity contribution < 1.29 is 138 Å². The quantitative estimate of drug-likeness (QED) is 0.168. The maximum atomic E-state index is 10.3. The number of hydrogen-bond acceptors (Lipinski definition) is 11. The van der Waals surface area contributed by atoms with Crippen LogP contribution in [0.15, 0.2) is 0 Å². The molecule has 0 aromatic carbocycles. The van der Waals surface area contributed by atoms with E-state index in [1.54, 1.807) is 0 Å². The van der Waals surface area contributed by atoms with E-state index >= 15 is 0 Å². The van der Waals surface area contributed by atoms with Crippen LogP contribution < -0.4 is 68.7 Å². The van der Waals surface area contributed by atoms with Crippen molar-refractivity contribution in [2.24, 2.45) is 0 Å². The Balaban J connectivity index is -0.0000000697. The fourth-order valence-corrected chi connectivity index (χ4v) is 2.27. The number of hydrogen-bond donors (Lipinski definition) is 8. The molecule has 0 aliphatic carbocycles. The van der Waals surface area contributed by atoms with Gasteiger partial charge in [-0.25, -0.2) is 4.79 Å². The third kappa shape index (κ3) is 26.7. The Hall–Kier alpha value is 0.444. The second-order valence-corrected chi connectivity index (χ2v) is 6.69. The first kappa shape index (κ1) is 41.0. The number of rotatable bonds is 7. The zero-order valence-electron chi connectivity index (χ0n) is 13.4. The molecule has 12 N–H and O–H groups in total. The minimum Gasteiger partial charge on any atom is -0.829 e. The van der Waals surface area contributed by atoms with Crippen molar-refractivity contribution in [2.45, 2.75) is 18.4 Å². The normalized spacial score (nSPS) is 10.3. The summed E-state index contributed by atoms with van der Waals surface area (Å²) in [5.41, 5.74) is -2.74. The Morgan fingerprint density at radius 3 is 1.19 bits per heavy atom. The van der Waals surface area contributed by atoms with Gasteiger partial charge in [-0.2, -0.15) is 0 Å². The maximum Gasteiger partial charge on any atom is 1.00 e. The van der Waals surface area contributed by atoms with E-state index in [4.69, 9.17) is 39.6 Å². The van der Waals surface area contributed by atoms with E-state index in [1.807, 2.05) is 0 Å². The van der Waals surface area contributed by atoms with E-state index in [1.165, 1.54) is 0 Å². The van der Waals surface area contributed by atoms with Gasteiger partial charge in [0, 0.05) is 0 Å². The fraction of sp³-hybridized carbons (Fsp3) is 0.500. The summed E-state index contributed by atoms with van der Waals surface area (Å²) in [5, 5.41) is 33.8. The molecular formula is C6H16Na2O16Si2. The van der Waals surface area contributed by atoms with E-state index < -0.39 is 54.4 Å². The third-order valence-electron chi connectivity index (χ3n) is 1.55. The summed E-state index contributed by atoms with van der Waals surface area (Å²) in [6.07, 6.45) is -2.29. The minimum absolute atomic E-state index is 0. The second kappa shape index (κ2) is 16.4. The van der Waals surface area contributed by atoms with Gasteiger partial charge in [0.1, 0.15) is 9.05 Å². The third-order valence-corrected chi connectivity index (χ3v) is 3.68. The fourth-order valence-electron chi connectivity index (χ4n) is 0.887. The van der Waals surface area contributed by atoms with Crippen molar-refractivity contribution in [3.8, 4) is 0 Å². The molecule has 0 unspecified atom stereocenters. The van der Waals surface area contributed by atoms with E-state index in [2.05, 4.69) is 4.12 Å². The first-order chi connectivity index (χ1) is 9.48.